The molecule has 0 bridgehead atoms. The van der Waals surface area contributed by atoms with Crippen molar-refractivity contribution in [2.75, 3.05) is 26.7 Å². The summed E-state index contributed by atoms with van der Waals surface area (Å²) in [7, 11) is 2.11. The summed E-state index contributed by atoms with van der Waals surface area (Å²) >= 11 is 0. The molecule has 2 heteroatoms. The van der Waals surface area contributed by atoms with Crippen LogP contribution < -0.4 is 5.32 Å². The Labute approximate surface area is 107 Å². The van der Waals surface area contributed by atoms with Crippen molar-refractivity contribution >= 4 is 0 Å². The molecule has 1 fully saturated rings. The third-order valence-corrected chi connectivity index (χ3v) is 3.80. The highest BCUT2D eigenvalue weighted by molar-refractivity contribution is 4.85. The van der Waals surface area contributed by atoms with Crippen LogP contribution in [0.5, 0.6) is 0 Å². The van der Waals surface area contributed by atoms with Crippen molar-refractivity contribution in [2.45, 2.75) is 38.1 Å². The maximum absolute atomic E-state index is 3.84. The largest absolute Gasteiger partial charge is 0.317 e. The minimum Gasteiger partial charge on any atom is -0.317 e. The summed E-state index contributed by atoms with van der Waals surface area (Å²) in [6.07, 6.45) is 10.8. The van der Waals surface area contributed by atoms with Crippen LogP contribution in [0.4, 0.5) is 0 Å². The van der Waals surface area contributed by atoms with Crippen LogP contribution >= 0.6 is 0 Å². The number of rotatable bonds is 7. The molecule has 2 nitrogen and oxygen atoms in total. The van der Waals surface area contributed by atoms with Crippen LogP contribution in [0.15, 0.2) is 25.3 Å². The van der Waals surface area contributed by atoms with Crippen LogP contribution in [0, 0.1) is 5.92 Å². The normalized spacial score (nSPS) is 25.5. The fourth-order valence-corrected chi connectivity index (χ4v) is 2.90. The van der Waals surface area contributed by atoms with Crippen molar-refractivity contribution in [3.63, 3.8) is 0 Å². The highest BCUT2D eigenvalue weighted by Crippen LogP contribution is 2.24. The molecule has 1 N–H and O–H groups in total. The van der Waals surface area contributed by atoms with Crippen LogP contribution in [0.2, 0.25) is 0 Å². The molecule has 0 aromatic rings. The molecular formula is C15H28N2. The second kappa shape index (κ2) is 8.48. The number of nitrogens with zero attached hydrogens (tertiary/aromatic N) is 1. The Balaban J connectivity index is 2.53. The molecule has 0 radical (unpaired) electrons. The fourth-order valence-electron chi connectivity index (χ4n) is 2.90. The number of hydrogen-bond donors (Lipinski definition) is 1. The maximum atomic E-state index is 3.84. The summed E-state index contributed by atoms with van der Waals surface area (Å²) in [4.78, 5) is 2.44. The van der Waals surface area contributed by atoms with E-state index in [1.54, 1.807) is 0 Å². The molecule has 0 heterocycles. The first-order valence-corrected chi connectivity index (χ1v) is 6.93. The second-order valence-electron chi connectivity index (χ2n) is 5.09. The predicted octanol–water partition coefficient (Wildman–Crippen LogP) is 2.83. The first-order chi connectivity index (χ1) is 8.31. The van der Waals surface area contributed by atoms with E-state index in [0.717, 1.165) is 19.0 Å². The van der Waals surface area contributed by atoms with Crippen LogP contribution in [0.1, 0.15) is 32.1 Å². The average molecular weight is 236 g/mol. The van der Waals surface area contributed by atoms with Crippen molar-refractivity contribution in [3.8, 4) is 0 Å². The van der Waals surface area contributed by atoms with Gasteiger partial charge in [0.1, 0.15) is 0 Å². The van der Waals surface area contributed by atoms with E-state index in [-0.39, 0.29) is 0 Å². The molecule has 1 rings (SSSR count). The van der Waals surface area contributed by atoms with Gasteiger partial charge in [0.05, 0.1) is 0 Å². The minimum atomic E-state index is 0.689. The van der Waals surface area contributed by atoms with Gasteiger partial charge in [0.15, 0.2) is 0 Å². The lowest BCUT2D eigenvalue weighted by Crippen LogP contribution is -2.40. The highest BCUT2D eigenvalue weighted by atomic mass is 15.1. The Kier molecular flexibility index (Phi) is 7.22. The quantitative estimate of drug-likeness (QED) is 0.540. The van der Waals surface area contributed by atoms with Crippen LogP contribution in [0.3, 0.4) is 0 Å². The smallest absolute Gasteiger partial charge is 0.0164 e. The molecular weight excluding hydrogens is 208 g/mol. The van der Waals surface area contributed by atoms with E-state index in [2.05, 4.69) is 30.4 Å². The van der Waals surface area contributed by atoms with E-state index in [4.69, 9.17) is 0 Å². The Morgan fingerprint density at radius 1 is 1.12 bits per heavy atom. The standard InChI is InChI=1S/C15H28N2/c1-4-11-17(12-5-2)13-14-9-7-6-8-10-15(14)16-3/h4-5,14-16H,1-2,6-13H2,3H3. The number of nitrogens with one attached hydrogen (secondary N) is 1. The predicted molar refractivity (Wildman–Crippen MR) is 76.3 cm³/mol. The van der Waals surface area contributed by atoms with E-state index >= 15 is 0 Å². The first kappa shape index (κ1) is 14.5. The highest BCUT2D eigenvalue weighted by Gasteiger charge is 2.23. The zero-order valence-electron chi connectivity index (χ0n) is 11.3. The van der Waals surface area contributed by atoms with E-state index < -0.39 is 0 Å². The molecule has 2 unspecified atom stereocenters. The van der Waals surface area contributed by atoms with Gasteiger partial charge in [0.2, 0.25) is 0 Å². The van der Waals surface area contributed by atoms with E-state index in [0.29, 0.717) is 6.04 Å². The van der Waals surface area contributed by atoms with Gasteiger partial charge in [-0.15, -0.1) is 13.2 Å². The Morgan fingerprint density at radius 3 is 2.35 bits per heavy atom. The lowest BCUT2D eigenvalue weighted by atomic mass is 9.94. The van der Waals surface area contributed by atoms with Crippen LogP contribution in [-0.4, -0.2) is 37.6 Å². The van der Waals surface area contributed by atoms with Gasteiger partial charge < -0.3 is 5.32 Å². The lowest BCUT2D eigenvalue weighted by molar-refractivity contribution is 0.227. The molecule has 0 spiro atoms. The Bertz CT molecular complexity index is 215. The SMILES string of the molecule is C=CCN(CC=C)CC1CCCCCC1NC. The topological polar surface area (TPSA) is 15.3 Å². The average Bonchev–Trinajstić information content (AvgIpc) is 2.55. The molecule has 2 atom stereocenters. The maximum Gasteiger partial charge on any atom is 0.0164 e. The molecule has 0 aromatic heterocycles. The molecule has 1 aliphatic carbocycles. The van der Waals surface area contributed by atoms with Crippen molar-refractivity contribution in [1.82, 2.24) is 10.2 Å². The summed E-state index contributed by atoms with van der Waals surface area (Å²) in [6, 6.07) is 0.689. The van der Waals surface area contributed by atoms with E-state index in [9.17, 15) is 0 Å². The van der Waals surface area contributed by atoms with Crippen LogP contribution in [-0.2, 0) is 0 Å². The molecule has 1 aliphatic rings. The molecule has 0 saturated heterocycles. The summed E-state index contributed by atoms with van der Waals surface area (Å²) in [5, 5.41) is 3.51. The Morgan fingerprint density at radius 2 is 1.76 bits per heavy atom. The zero-order valence-corrected chi connectivity index (χ0v) is 11.3. The molecule has 0 aromatic carbocycles. The van der Waals surface area contributed by atoms with Gasteiger partial charge in [-0.2, -0.15) is 0 Å². The van der Waals surface area contributed by atoms with Crippen molar-refractivity contribution in [2.24, 2.45) is 5.92 Å². The molecule has 98 valence electrons. The molecule has 0 amide bonds. The zero-order chi connectivity index (χ0) is 12.5. The third-order valence-electron chi connectivity index (χ3n) is 3.80. The fraction of sp³-hybridized carbons (Fsp3) is 0.733. The van der Waals surface area contributed by atoms with Gasteiger partial charge in [-0.3, -0.25) is 4.90 Å². The lowest BCUT2D eigenvalue weighted by Gasteiger charge is -2.30. The second-order valence-corrected chi connectivity index (χ2v) is 5.09. The summed E-state index contributed by atoms with van der Waals surface area (Å²) in [6.45, 7) is 10.8. The van der Waals surface area contributed by atoms with Crippen molar-refractivity contribution in [3.05, 3.63) is 25.3 Å². The summed E-state index contributed by atoms with van der Waals surface area (Å²) in [5.74, 6) is 0.780. The summed E-state index contributed by atoms with van der Waals surface area (Å²) in [5.41, 5.74) is 0. The van der Waals surface area contributed by atoms with Crippen molar-refractivity contribution in [1.29, 1.82) is 0 Å². The van der Waals surface area contributed by atoms with Crippen LogP contribution in [0.25, 0.3) is 0 Å². The molecule has 17 heavy (non-hydrogen) atoms. The minimum absolute atomic E-state index is 0.689. The van der Waals surface area contributed by atoms with E-state index in [1.165, 1.54) is 38.6 Å². The monoisotopic (exact) mass is 236 g/mol. The Hall–Kier alpha value is -0.600. The first-order valence-electron chi connectivity index (χ1n) is 6.93. The molecule has 0 aliphatic heterocycles. The van der Waals surface area contributed by atoms with Gasteiger partial charge in [-0.25, -0.2) is 0 Å². The molecule has 1 saturated carbocycles. The summed E-state index contributed by atoms with van der Waals surface area (Å²) < 4.78 is 0. The van der Waals surface area contributed by atoms with Gasteiger partial charge in [-0.1, -0.05) is 31.4 Å². The van der Waals surface area contributed by atoms with Gasteiger partial charge in [0, 0.05) is 25.7 Å². The van der Waals surface area contributed by atoms with E-state index in [1.807, 2.05) is 12.2 Å². The van der Waals surface area contributed by atoms with Gasteiger partial charge >= 0.3 is 0 Å². The van der Waals surface area contributed by atoms with Gasteiger partial charge in [-0.05, 0) is 25.8 Å². The van der Waals surface area contributed by atoms with Crippen molar-refractivity contribution < 1.29 is 0 Å². The van der Waals surface area contributed by atoms with Gasteiger partial charge in [0.25, 0.3) is 0 Å². The third kappa shape index (κ3) is 5.05. The number of hydrogen-bond acceptors (Lipinski definition) is 2.